The van der Waals surface area contributed by atoms with Gasteiger partial charge in [0.15, 0.2) is 0 Å². The lowest BCUT2D eigenvalue weighted by atomic mass is 10.0. The molecule has 1 aromatic carbocycles. The van der Waals surface area contributed by atoms with Crippen molar-refractivity contribution in [1.82, 2.24) is 9.47 Å². The lowest BCUT2D eigenvalue weighted by Crippen LogP contribution is -2.43. The van der Waals surface area contributed by atoms with Gasteiger partial charge in [-0.05, 0) is 42.2 Å². The van der Waals surface area contributed by atoms with Gasteiger partial charge in [-0.2, -0.15) is 0 Å². The van der Waals surface area contributed by atoms with Crippen molar-refractivity contribution in [3.05, 3.63) is 63.6 Å². The van der Waals surface area contributed by atoms with Crippen molar-refractivity contribution in [1.29, 1.82) is 0 Å². The first-order valence-electron chi connectivity index (χ1n) is 8.68. The third-order valence-corrected chi connectivity index (χ3v) is 4.63. The average Bonchev–Trinajstić information content (AvgIpc) is 2.62. The Morgan fingerprint density at radius 2 is 1.88 bits per heavy atom. The maximum absolute atomic E-state index is 13.0. The number of pyridine rings is 1. The fourth-order valence-electron chi connectivity index (χ4n) is 3.05. The molecule has 0 unspecified atom stereocenters. The second kappa shape index (κ2) is 7.23. The first-order chi connectivity index (χ1) is 12.0. The summed E-state index contributed by atoms with van der Waals surface area (Å²) in [7, 11) is 0. The summed E-state index contributed by atoms with van der Waals surface area (Å²) < 4.78 is 6.86. The minimum Gasteiger partial charge on any atom is -0.378 e. The highest BCUT2D eigenvalue weighted by Crippen LogP contribution is 2.18. The maximum Gasteiger partial charge on any atom is 0.268 e. The van der Waals surface area contributed by atoms with Crippen LogP contribution in [0.5, 0.6) is 0 Å². The molecule has 1 aliphatic heterocycles. The van der Waals surface area contributed by atoms with Crippen molar-refractivity contribution in [2.45, 2.75) is 26.7 Å². The van der Waals surface area contributed by atoms with E-state index in [2.05, 4.69) is 13.8 Å². The number of carbonyl (C=O) groups excluding carboxylic acids is 1. The largest absolute Gasteiger partial charge is 0.378 e. The van der Waals surface area contributed by atoms with Crippen LogP contribution >= 0.6 is 0 Å². The van der Waals surface area contributed by atoms with Gasteiger partial charge in [0, 0.05) is 25.0 Å². The number of benzene rings is 1. The molecule has 1 amide bonds. The minimum absolute atomic E-state index is 0.208. The molecule has 0 bridgehead atoms. The number of hydrogen-bond donors (Lipinski definition) is 0. The van der Waals surface area contributed by atoms with E-state index in [4.69, 9.17) is 4.74 Å². The van der Waals surface area contributed by atoms with E-state index in [1.807, 2.05) is 37.3 Å². The van der Waals surface area contributed by atoms with Crippen LogP contribution in [-0.2, 0) is 4.74 Å². The van der Waals surface area contributed by atoms with Gasteiger partial charge in [-0.3, -0.25) is 14.2 Å². The number of carbonyl (C=O) groups is 1. The molecule has 1 aliphatic rings. The second-order valence-electron chi connectivity index (χ2n) is 6.70. The molecule has 0 atom stereocenters. The molecule has 2 aromatic rings. The van der Waals surface area contributed by atoms with Crippen molar-refractivity contribution in [3.63, 3.8) is 0 Å². The van der Waals surface area contributed by atoms with Crippen LogP contribution in [0.3, 0.4) is 0 Å². The standard InChI is InChI=1S/C20H24N2O3/c1-14(2)16-5-4-6-17(13-16)22-8-7-15(3)18(20(22)24)19(23)21-9-11-25-12-10-21/h4-8,13-14H,9-12H2,1-3H3. The van der Waals surface area contributed by atoms with Crippen molar-refractivity contribution < 1.29 is 9.53 Å². The van der Waals surface area contributed by atoms with E-state index in [9.17, 15) is 9.59 Å². The Balaban J connectivity index is 2.04. The summed E-state index contributed by atoms with van der Waals surface area (Å²) in [5.41, 5.74) is 2.63. The maximum atomic E-state index is 13.0. The predicted molar refractivity (Wildman–Crippen MR) is 97.6 cm³/mol. The van der Waals surface area contributed by atoms with Crippen molar-refractivity contribution in [2.75, 3.05) is 26.3 Å². The zero-order valence-electron chi connectivity index (χ0n) is 15.0. The molecule has 1 fully saturated rings. The van der Waals surface area contributed by atoms with Crippen LogP contribution in [0.4, 0.5) is 0 Å². The van der Waals surface area contributed by atoms with E-state index >= 15 is 0 Å². The Morgan fingerprint density at radius 1 is 1.16 bits per heavy atom. The smallest absolute Gasteiger partial charge is 0.268 e. The lowest BCUT2D eigenvalue weighted by molar-refractivity contribution is 0.0301. The summed E-state index contributed by atoms with van der Waals surface area (Å²) in [6.45, 7) is 8.12. The second-order valence-corrected chi connectivity index (χ2v) is 6.70. The Kier molecular flexibility index (Phi) is 5.04. The van der Waals surface area contributed by atoms with Gasteiger partial charge >= 0.3 is 0 Å². The monoisotopic (exact) mass is 340 g/mol. The van der Waals surface area contributed by atoms with Crippen LogP contribution in [0.15, 0.2) is 41.3 Å². The molecule has 3 rings (SSSR count). The number of amides is 1. The van der Waals surface area contributed by atoms with E-state index < -0.39 is 0 Å². The number of aryl methyl sites for hydroxylation is 1. The number of hydrogen-bond acceptors (Lipinski definition) is 3. The summed E-state index contributed by atoms with van der Waals surface area (Å²) in [6, 6.07) is 9.72. The van der Waals surface area contributed by atoms with E-state index in [1.54, 1.807) is 15.7 Å². The van der Waals surface area contributed by atoms with E-state index in [-0.39, 0.29) is 17.0 Å². The van der Waals surface area contributed by atoms with Gasteiger partial charge in [-0.25, -0.2) is 0 Å². The first kappa shape index (κ1) is 17.4. The molecule has 1 aromatic heterocycles. The van der Waals surface area contributed by atoms with Crippen molar-refractivity contribution in [2.24, 2.45) is 0 Å². The predicted octanol–water partition coefficient (Wildman–Crippen LogP) is 2.74. The Labute approximate surface area is 147 Å². The van der Waals surface area contributed by atoms with Crippen LogP contribution in [0.25, 0.3) is 5.69 Å². The quantitative estimate of drug-likeness (QED) is 0.863. The number of morpholine rings is 1. The molecule has 25 heavy (non-hydrogen) atoms. The minimum atomic E-state index is -0.266. The molecule has 0 aliphatic carbocycles. The topological polar surface area (TPSA) is 51.5 Å². The molecule has 0 N–H and O–H groups in total. The third kappa shape index (κ3) is 3.51. The number of rotatable bonds is 3. The first-order valence-corrected chi connectivity index (χ1v) is 8.68. The van der Waals surface area contributed by atoms with Gasteiger partial charge in [0.25, 0.3) is 11.5 Å². The molecule has 2 heterocycles. The Morgan fingerprint density at radius 3 is 2.56 bits per heavy atom. The molecule has 5 heteroatoms. The van der Waals surface area contributed by atoms with Crippen LogP contribution in [0.1, 0.15) is 41.3 Å². The van der Waals surface area contributed by atoms with Gasteiger partial charge in [-0.1, -0.05) is 26.0 Å². The van der Waals surface area contributed by atoms with Crippen LogP contribution < -0.4 is 5.56 Å². The third-order valence-electron chi connectivity index (χ3n) is 4.63. The molecule has 1 saturated heterocycles. The number of aromatic nitrogens is 1. The highest BCUT2D eigenvalue weighted by molar-refractivity contribution is 5.95. The molecular weight excluding hydrogens is 316 g/mol. The lowest BCUT2D eigenvalue weighted by Gasteiger charge is -2.27. The van der Waals surface area contributed by atoms with Gasteiger partial charge in [0.1, 0.15) is 5.56 Å². The number of ether oxygens (including phenoxy) is 1. The SMILES string of the molecule is Cc1ccn(-c2cccc(C(C)C)c2)c(=O)c1C(=O)N1CCOCC1. The normalized spacial score (nSPS) is 14.8. The summed E-state index contributed by atoms with van der Waals surface area (Å²) in [6.07, 6.45) is 1.74. The zero-order valence-corrected chi connectivity index (χ0v) is 15.0. The van der Waals surface area contributed by atoms with Gasteiger partial charge < -0.3 is 9.64 Å². The van der Waals surface area contributed by atoms with Crippen LogP contribution in [0.2, 0.25) is 0 Å². The van der Waals surface area contributed by atoms with Gasteiger partial charge in [0.05, 0.1) is 13.2 Å². The highest BCUT2D eigenvalue weighted by Gasteiger charge is 2.24. The number of nitrogens with zero attached hydrogens (tertiary/aromatic N) is 2. The Hall–Kier alpha value is -2.40. The fraction of sp³-hybridized carbons (Fsp3) is 0.400. The molecule has 0 saturated carbocycles. The molecule has 0 radical (unpaired) electrons. The average molecular weight is 340 g/mol. The Bertz CT molecular complexity index is 833. The van der Waals surface area contributed by atoms with E-state index in [0.717, 1.165) is 11.3 Å². The summed E-state index contributed by atoms with van der Waals surface area (Å²) in [5.74, 6) is 0.163. The van der Waals surface area contributed by atoms with Crippen LogP contribution in [0, 0.1) is 6.92 Å². The van der Waals surface area contributed by atoms with Crippen molar-refractivity contribution >= 4 is 5.91 Å². The zero-order chi connectivity index (χ0) is 18.0. The van der Waals surface area contributed by atoms with Crippen LogP contribution in [-0.4, -0.2) is 41.7 Å². The van der Waals surface area contributed by atoms with E-state index in [0.29, 0.717) is 37.8 Å². The fourth-order valence-corrected chi connectivity index (χ4v) is 3.05. The summed E-state index contributed by atoms with van der Waals surface area (Å²) >= 11 is 0. The molecule has 132 valence electrons. The summed E-state index contributed by atoms with van der Waals surface area (Å²) in [5, 5.41) is 0. The van der Waals surface area contributed by atoms with Gasteiger partial charge in [-0.15, -0.1) is 0 Å². The van der Waals surface area contributed by atoms with E-state index in [1.165, 1.54) is 0 Å². The molecular formula is C20H24N2O3. The summed E-state index contributed by atoms with van der Waals surface area (Å²) in [4.78, 5) is 27.6. The highest BCUT2D eigenvalue weighted by atomic mass is 16.5. The molecule has 5 nitrogen and oxygen atoms in total. The van der Waals surface area contributed by atoms with Gasteiger partial charge in [0.2, 0.25) is 0 Å². The van der Waals surface area contributed by atoms with Crippen molar-refractivity contribution in [3.8, 4) is 5.69 Å². The molecule has 0 spiro atoms.